The van der Waals surface area contributed by atoms with E-state index in [1.54, 1.807) is 6.08 Å². The second-order valence-corrected chi connectivity index (χ2v) is 8.91. The molecule has 2 aliphatic heterocycles. The highest BCUT2D eigenvalue weighted by Crippen LogP contribution is 2.29. The van der Waals surface area contributed by atoms with Crippen LogP contribution in [-0.4, -0.2) is 40.2 Å². The Morgan fingerprint density at radius 3 is 2.61 bits per heavy atom. The van der Waals surface area contributed by atoms with Gasteiger partial charge < -0.3 is 9.47 Å². The van der Waals surface area contributed by atoms with E-state index in [0.717, 1.165) is 22.8 Å². The van der Waals surface area contributed by atoms with Crippen LogP contribution in [0.15, 0.2) is 64.2 Å². The molecule has 0 aromatic heterocycles. The molecule has 2 aromatic carbocycles. The lowest BCUT2D eigenvalue weighted by Crippen LogP contribution is -2.35. The van der Waals surface area contributed by atoms with Crippen LogP contribution in [0.5, 0.6) is 11.5 Å². The molecule has 0 fully saturated rings. The number of benzene rings is 2. The van der Waals surface area contributed by atoms with Gasteiger partial charge in [0.1, 0.15) is 24.7 Å². The highest BCUT2D eigenvalue weighted by Gasteiger charge is 2.34. The number of hydrogen-bond acceptors (Lipinski definition) is 6. The number of carbonyl (C=O) groups excluding carboxylic acids is 1. The normalized spacial score (nSPS) is 17.5. The fraction of sp³-hybridized carbons (Fsp3) is 0.280. The minimum Gasteiger partial charge on any atom is -0.490 e. The summed E-state index contributed by atoms with van der Waals surface area (Å²) < 4.78 is 11.8. The average molecular weight is 463 g/mol. The molecule has 0 unspecified atom stereocenters. The Bertz CT molecular complexity index is 1150. The molecule has 4 rings (SSSR count). The first-order chi connectivity index (χ1) is 16.0. The largest absolute Gasteiger partial charge is 0.490 e. The average Bonchev–Trinajstić information content (AvgIpc) is 3.20. The van der Waals surface area contributed by atoms with E-state index in [1.807, 2.05) is 49.4 Å². The number of nitrogens with one attached hydrogen (secondary N) is 1. The van der Waals surface area contributed by atoms with E-state index >= 15 is 0 Å². The van der Waals surface area contributed by atoms with E-state index in [9.17, 15) is 4.79 Å². The van der Waals surface area contributed by atoms with Crippen molar-refractivity contribution in [2.24, 2.45) is 10.1 Å². The molecule has 0 spiro atoms. The first-order valence-corrected chi connectivity index (χ1v) is 11.7. The number of para-hydroxylation sites is 1. The highest BCUT2D eigenvalue weighted by atomic mass is 32.2. The number of amidine groups is 2. The first kappa shape index (κ1) is 22.8. The lowest BCUT2D eigenvalue weighted by molar-refractivity contribution is -0.114. The van der Waals surface area contributed by atoms with Gasteiger partial charge >= 0.3 is 0 Å². The molecule has 0 saturated heterocycles. The van der Waals surface area contributed by atoms with Crippen molar-refractivity contribution >= 4 is 39.8 Å². The lowest BCUT2D eigenvalue weighted by Gasteiger charge is -2.20. The quantitative estimate of drug-likeness (QED) is 0.425. The summed E-state index contributed by atoms with van der Waals surface area (Å²) in [5, 5.41) is 15.1. The molecule has 0 bridgehead atoms. The number of amides is 1. The van der Waals surface area contributed by atoms with Crippen LogP contribution in [-0.2, 0) is 4.79 Å². The van der Waals surface area contributed by atoms with Gasteiger partial charge in [0.15, 0.2) is 5.84 Å². The van der Waals surface area contributed by atoms with Crippen molar-refractivity contribution in [1.82, 2.24) is 5.01 Å². The molecule has 2 heterocycles. The van der Waals surface area contributed by atoms with Gasteiger partial charge in [0.25, 0.3) is 5.91 Å². The number of fused-ring (bicyclic) bond motifs is 1. The lowest BCUT2D eigenvalue weighted by atomic mass is 9.98. The molecule has 170 valence electrons. The molecule has 0 aliphatic carbocycles. The van der Waals surface area contributed by atoms with Crippen molar-refractivity contribution in [3.8, 4) is 11.5 Å². The molecule has 7 nitrogen and oxygen atoms in total. The van der Waals surface area contributed by atoms with E-state index < -0.39 is 5.91 Å². The van der Waals surface area contributed by atoms with E-state index in [0.29, 0.717) is 30.0 Å². The molecule has 1 amide bonds. The Kier molecular flexibility index (Phi) is 6.93. The second-order valence-electron chi connectivity index (χ2n) is 7.75. The van der Waals surface area contributed by atoms with Gasteiger partial charge in [-0.3, -0.25) is 10.2 Å². The maximum absolute atomic E-state index is 12.4. The Hall–Kier alpha value is -3.39. The summed E-state index contributed by atoms with van der Waals surface area (Å²) in [5.41, 5.74) is 2.20. The maximum atomic E-state index is 12.4. The van der Waals surface area contributed by atoms with Crippen LogP contribution >= 0.6 is 11.8 Å². The number of hydrazone groups is 1. The predicted molar refractivity (Wildman–Crippen MR) is 133 cm³/mol. The summed E-state index contributed by atoms with van der Waals surface area (Å²) in [7, 11) is 0. The Morgan fingerprint density at radius 1 is 1.12 bits per heavy atom. The van der Waals surface area contributed by atoms with Crippen molar-refractivity contribution in [3.63, 3.8) is 0 Å². The standard InChI is InChI=1S/C25H26N4O3S/c1-4-16(2)20-7-5-6-8-22(20)32-14-13-31-19-11-9-18(10-12-19)15-21-23(26)29-25(27-24(21)30)33-17(3)28-29/h5-12,15-16,26H,4,13-14H2,1-3H3/b21-15-,26-23?/t16-/m1/s1. The highest BCUT2D eigenvalue weighted by molar-refractivity contribution is 8.26. The van der Waals surface area contributed by atoms with Crippen LogP contribution in [0.3, 0.4) is 0 Å². The van der Waals surface area contributed by atoms with E-state index in [2.05, 4.69) is 30.0 Å². The molecule has 2 aliphatic rings. The molecule has 2 aromatic rings. The number of ether oxygens (including phenoxy) is 2. The zero-order valence-electron chi connectivity index (χ0n) is 18.9. The maximum Gasteiger partial charge on any atom is 0.283 e. The number of nitrogens with zero attached hydrogens (tertiary/aromatic N) is 3. The molecule has 1 N–H and O–H groups in total. The van der Waals surface area contributed by atoms with Gasteiger partial charge in [-0.15, -0.1) is 0 Å². The second kappa shape index (κ2) is 10.0. The minimum absolute atomic E-state index is 0.0319. The van der Waals surface area contributed by atoms with Gasteiger partial charge in [-0.2, -0.15) is 15.1 Å². The molecule has 1 atom stereocenters. The number of carbonyl (C=O) groups is 1. The number of aliphatic imine (C=N–C) groups is 1. The topological polar surface area (TPSA) is 87.3 Å². The molecule has 0 saturated carbocycles. The van der Waals surface area contributed by atoms with Crippen LogP contribution in [0.1, 0.15) is 44.2 Å². The van der Waals surface area contributed by atoms with Gasteiger partial charge in [-0.05, 0) is 66.4 Å². The number of rotatable bonds is 8. The summed E-state index contributed by atoms with van der Waals surface area (Å²) in [5.74, 6) is 1.65. The summed E-state index contributed by atoms with van der Waals surface area (Å²) in [6.45, 7) is 7.04. The molecular weight excluding hydrogens is 436 g/mol. The van der Waals surface area contributed by atoms with Gasteiger partial charge in [-0.1, -0.05) is 44.2 Å². The van der Waals surface area contributed by atoms with Gasteiger partial charge in [0.05, 0.1) is 10.6 Å². The summed E-state index contributed by atoms with van der Waals surface area (Å²) in [6.07, 6.45) is 2.71. The van der Waals surface area contributed by atoms with Crippen molar-refractivity contribution < 1.29 is 14.3 Å². The third kappa shape index (κ3) is 5.17. The third-order valence-corrected chi connectivity index (χ3v) is 6.24. The van der Waals surface area contributed by atoms with Crippen molar-refractivity contribution in [3.05, 3.63) is 65.2 Å². The Morgan fingerprint density at radius 2 is 1.85 bits per heavy atom. The smallest absolute Gasteiger partial charge is 0.283 e. The van der Waals surface area contributed by atoms with Crippen LogP contribution in [0, 0.1) is 5.41 Å². The molecular formula is C25H26N4O3S. The predicted octanol–water partition coefficient (Wildman–Crippen LogP) is 5.30. The molecule has 33 heavy (non-hydrogen) atoms. The summed E-state index contributed by atoms with van der Waals surface area (Å²) in [4.78, 5) is 16.4. The van der Waals surface area contributed by atoms with Crippen LogP contribution < -0.4 is 9.47 Å². The van der Waals surface area contributed by atoms with E-state index in [-0.39, 0.29) is 11.4 Å². The fourth-order valence-corrected chi connectivity index (χ4v) is 4.20. The van der Waals surface area contributed by atoms with Crippen LogP contribution in [0.4, 0.5) is 0 Å². The van der Waals surface area contributed by atoms with Gasteiger partial charge in [0.2, 0.25) is 5.17 Å². The first-order valence-electron chi connectivity index (χ1n) is 10.9. The monoisotopic (exact) mass is 462 g/mol. The fourth-order valence-electron chi connectivity index (χ4n) is 3.46. The van der Waals surface area contributed by atoms with Gasteiger partial charge in [-0.25, -0.2) is 0 Å². The van der Waals surface area contributed by atoms with Crippen molar-refractivity contribution in [2.75, 3.05) is 13.2 Å². The molecule has 0 radical (unpaired) electrons. The van der Waals surface area contributed by atoms with Gasteiger partial charge in [0, 0.05) is 0 Å². The number of thioether (sulfide) groups is 1. The van der Waals surface area contributed by atoms with Crippen LogP contribution in [0.25, 0.3) is 6.08 Å². The van der Waals surface area contributed by atoms with E-state index in [1.165, 1.54) is 22.3 Å². The third-order valence-electron chi connectivity index (χ3n) is 5.42. The Balaban J connectivity index is 1.34. The summed E-state index contributed by atoms with van der Waals surface area (Å²) >= 11 is 1.29. The minimum atomic E-state index is -0.432. The zero-order chi connectivity index (χ0) is 23.4. The number of hydrogen-bond donors (Lipinski definition) is 1. The van der Waals surface area contributed by atoms with E-state index in [4.69, 9.17) is 14.9 Å². The van der Waals surface area contributed by atoms with Crippen LogP contribution in [0.2, 0.25) is 0 Å². The SMILES string of the molecule is CC[C@@H](C)c1ccccc1OCCOc1ccc(/C=C2/C(=N)N3N=C(C)SC3=NC2=O)cc1. The molecule has 8 heteroatoms. The van der Waals surface area contributed by atoms with Crippen molar-refractivity contribution in [1.29, 1.82) is 5.41 Å². The zero-order valence-corrected chi connectivity index (χ0v) is 19.7. The van der Waals surface area contributed by atoms with Crippen molar-refractivity contribution in [2.45, 2.75) is 33.1 Å². The Labute approximate surface area is 197 Å². The summed E-state index contributed by atoms with van der Waals surface area (Å²) in [6, 6.07) is 15.5.